The third kappa shape index (κ3) is 5.17. The monoisotopic (exact) mass is 312 g/mol. The van der Waals surface area contributed by atoms with Gasteiger partial charge in [-0.1, -0.05) is 12.1 Å². The first-order valence-corrected chi connectivity index (χ1v) is 7.63. The van der Waals surface area contributed by atoms with E-state index in [0.717, 1.165) is 18.2 Å². The molecule has 1 N–H and O–H groups in total. The van der Waals surface area contributed by atoms with Crippen LogP contribution in [-0.2, 0) is 6.54 Å². The Bertz CT molecular complexity index is 421. The maximum Gasteiger partial charge on any atom is 0.124 e. The van der Waals surface area contributed by atoms with Crippen molar-refractivity contribution in [3.8, 4) is 5.75 Å². The number of hydrogen-bond donors (Lipinski definition) is 1. The zero-order valence-electron chi connectivity index (χ0n) is 13.7. The smallest absolute Gasteiger partial charge is 0.124 e. The summed E-state index contributed by atoms with van der Waals surface area (Å²) >= 11 is 0. The van der Waals surface area contributed by atoms with Gasteiger partial charge in [0.2, 0.25) is 0 Å². The number of nitrogens with one attached hydrogen (secondary N) is 1. The molecular formula is C17H29ClN2O. The lowest BCUT2D eigenvalue weighted by Crippen LogP contribution is -2.34. The zero-order chi connectivity index (χ0) is 14.5. The van der Waals surface area contributed by atoms with Gasteiger partial charge in [0, 0.05) is 13.1 Å². The molecule has 1 aliphatic rings. The normalized spacial score (nSPS) is 15.9. The van der Waals surface area contributed by atoms with Crippen LogP contribution in [0.3, 0.4) is 0 Å². The highest BCUT2D eigenvalue weighted by atomic mass is 35.5. The molecular weight excluding hydrogens is 284 g/mol. The standard InChI is InChI=1S/C17H28N2O.ClH/c1-13-9-16(10-14(2)17(13)20-4)12-19(3)11-15-5-7-18-8-6-15;/h9-10,15,18H,5-8,11-12H2,1-4H3;1H. The Balaban J connectivity index is 0.00000220. The Kier molecular flexibility index (Phi) is 7.50. The number of halogens is 1. The summed E-state index contributed by atoms with van der Waals surface area (Å²) in [7, 11) is 3.98. The lowest BCUT2D eigenvalue weighted by atomic mass is 9.97. The van der Waals surface area contributed by atoms with Crippen molar-refractivity contribution in [2.45, 2.75) is 33.2 Å². The van der Waals surface area contributed by atoms with Gasteiger partial charge in [0.05, 0.1) is 7.11 Å². The van der Waals surface area contributed by atoms with Crippen molar-refractivity contribution in [3.63, 3.8) is 0 Å². The molecule has 0 spiro atoms. The molecule has 1 aromatic carbocycles. The van der Waals surface area contributed by atoms with Crippen LogP contribution in [0.4, 0.5) is 0 Å². The zero-order valence-corrected chi connectivity index (χ0v) is 14.6. The molecule has 120 valence electrons. The average molecular weight is 313 g/mol. The minimum absolute atomic E-state index is 0. The van der Waals surface area contributed by atoms with Crippen LogP contribution in [0.25, 0.3) is 0 Å². The van der Waals surface area contributed by atoms with Crippen molar-refractivity contribution < 1.29 is 4.74 Å². The number of hydrogen-bond acceptors (Lipinski definition) is 3. The van der Waals surface area contributed by atoms with Crippen molar-refractivity contribution in [3.05, 3.63) is 28.8 Å². The van der Waals surface area contributed by atoms with E-state index in [4.69, 9.17) is 4.74 Å². The maximum atomic E-state index is 5.44. The van der Waals surface area contributed by atoms with Gasteiger partial charge < -0.3 is 15.0 Å². The van der Waals surface area contributed by atoms with E-state index >= 15 is 0 Å². The topological polar surface area (TPSA) is 24.5 Å². The molecule has 1 heterocycles. The minimum Gasteiger partial charge on any atom is -0.496 e. The van der Waals surface area contributed by atoms with Gasteiger partial charge in [0.25, 0.3) is 0 Å². The Labute approximate surface area is 135 Å². The number of nitrogens with zero attached hydrogens (tertiary/aromatic N) is 1. The number of benzene rings is 1. The molecule has 2 rings (SSSR count). The van der Waals surface area contributed by atoms with Crippen molar-refractivity contribution in [2.75, 3.05) is 33.8 Å². The van der Waals surface area contributed by atoms with Gasteiger partial charge in [-0.05, 0) is 69.4 Å². The van der Waals surface area contributed by atoms with E-state index < -0.39 is 0 Å². The van der Waals surface area contributed by atoms with Crippen molar-refractivity contribution in [1.29, 1.82) is 0 Å². The molecule has 0 amide bonds. The van der Waals surface area contributed by atoms with E-state index in [1.54, 1.807) is 7.11 Å². The Morgan fingerprint density at radius 3 is 2.29 bits per heavy atom. The minimum atomic E-state index is 0. The molecule has 1 saturated heterocycles. The molecule has 0 unspecified atom stereocenters. The second kappa shape index (κ2) is 8.62. The Morgan fingerprint density at radius 2 is 1.76 bits per heavy atom. The highest BCUT2D eigenvalue weighted by Crippen LogP contribution is 2.25. The fourth-order valence-electron chi connectivity index (χ4n) is 3.33. The lowest BCUT2D eigenvalue weighted by molar-refractivity contribution is 0.234. The number of methoxy groups -OCH3 is 1. The third-order valence-corrected chi connectivity index (χ3v) is 4.21. The summed E-state index contributed by atoms with van der Waals surface area (Å²) in [5.74, 6) is 1.87. The molecule has 0 aromatic heterocycles. The predicted molar refractivity (Wildman–Crippen MR) is 91.6 cm³/mol. The fourth-order valence-corrected chi connectivity index (χ4v) is 3.33. The van der Waals surface area contributed by atoms with E-state index in [9.17, 15) is 0 Å². The summed E-state index contributed by atoms with van der Waals surface area (Å²) in [4.78, 5) is 2.46. The van der Waals surface area contributed by atoms with Gasteiger partial charge in [-0.2, -0.15) is 0 Å². The van der Waals surface area contributed by atoms with Gasteiger partial charge >= 0.3 is 0 Å². The highest BCUT2D eigenvalue weighted by molar-refractivity contribution is 5.85. The molecule has 1 aromatic rings. The Morgan fingerprint density at radius 1 is 1.19 bits per heavy atom. The second-order valence-corrected chi connectivity index (χ2v) is 6.15. The molecule has 21 heavy (non-hydrogen) atoms. The number of aryl methyl sites for hydroxylation is 2. The van der Waals surface area contributed by atoms with E-state index in [-0.39, 0.29) is 12.4 Å². The molecule has 0 atom stereocenters. The third-order valence-electron chi connectivity index (χ3n) is 4.21. The maximum absolute atomic E-state index is 5.44. The molecule has 0 aliphatic carbocycles. The van der Waals surface area contributed by atoms with E-state index in [2.05, 4.69) is 43.2 Å². The molecule has 3 nitrogen and oxygen atoms in total. The molecule has 0 saturated carbocycles. The summed E-state index contributed by atoms with van der Waals surface area (Å²) in [6.07, 6.45) is 2.62. The predicted octanol–water partition coefficient (Wildman–Crippen LogP) is 3.17. The van der Waals surface area contributed by atoms with Gasteiger partial charge in [-0.3, -0.25) is 0 Å². The Hall–Kier alpha value is -0.770. The summed E-state index contributed by atoms with van der Waals surface area (Å²) < 4.78 is 5.44. The highest BCUT2D eigenvalue weighted by Gasteiger charge is 2.15. The van der Waals surface area contributed by atoms with E-state index in [1.165, 1.54) is 49.2 Å². The molecule has 4 heteroatoms. The SMILES string of the molecule is COc1c(C)cc(CN(C)CC2CCNCC2)cc1C.Cl. The van der Waals surface area contributed by atoms with Crippen LogP contribution < -0.4 is 10.1 Å². The van der Waals surface area contributed by atoms with Gasteiger partial charge in [0.1, 0.15) is 5.75 Å². The van der Waals surface area contributed by atoms with Crippen LogP contribution in [0.2, 0.25) is 0 Å². The summed E-state index contributed by atoms with van der Waals surface area (Å²) in [6.45, 7) is 8.84. The molecule has 1 fully saturated rings. The molecule has 0 radical (unpaired) electrons. The van der Waals surface area contributed by atoms with E-state index in [0.29, 0.717) is 0 Å². The second-order valence-electron chi connectivity index (χ2n) is 6.15. The van der Waals surface area contributed by atoms with Crippen LogP contribution in [0.15, 0.2) is 12.1 Å². The fraction of sp³-hybridized carbons (Fsp3) is 0.647. The van der Waals surface area contributed by atoms with E-state index in [1.807, 2.05) is 0 Å². The number of rotatable bonds is 5. The first-order valence-electron chi connectivity index (χ1n) is 7.63. The largest absolute Gasteiger partial charge is 0.496 e. The van der Waals surface area contributed by atoms with Crippen LogP contribution in [0.1, 0.15) is 29.5 Å². The number of ether oxygens (including phenoxy) is 1. The van der Waals surface area contributed by atoms with Crippen molar-refractivity contribution in [1.82, 2.24) is 10.2 Å². The van der Waals surface area contributed by atoms with Gasteiger partial charge in [-0.25, -0.2) is 0 Å². The lowest BCUT2D eigenvalue weighted by Gasteiger charge is -2.27. The van der Waals surface area contributed by atoms with Crippen LogP contribution >= 0.6 is 12.4 Å². The van der Waals surface area contributed by atoms with Gasteiger partial charge in [-0.15, -0.1) is 12.4 Å². The first-order chi connectivity index (χ1) is 9.60. The van der Waals surface area contributed by atoms with Crippen molar-refractivity contribution in [2.24, 2.45) is 5.92 Å². The van der Waals surface area contributed by atoms with Crippen LogP contribution in [0, 0.1) is 19.8 Å². The first kappa shape index (κ1) is 18.3. The summed E-state index contributed by atoms with van der Waals surface area (Å²) in [5.41, 5.74) is 3.85. The van der Waals surface area contributed by atoms with Crippen LogP contribution in [0.5, 0.6) is 5.75 Å². The molecule has 1 aliphatic heterocycles. The van der Waals surface area contributed by atoms with Crippen molar-refractivity contribution >= 4 is 12.4 Å². The quantitative estimate of drug-likeness (QED) is 0.904. The molecule has 0 bridgehead atoms. The summed E-state index contributed by atoms with van der Waals surface area (Å²) in [5, 5.41) is 3.43. The number of piperidine rings is 1. The summed E-state index contributed by atoms with van der Waals surface area (Å²) in [6, 6.07) is 4.51. The van der Waals surface area contributed by atoms with Gasteiger partial charge in [0.15, 0.2) is 0 Å². The van der Waals surface area contributed by atoms with Crippen LogP contribution in [-0.4, -0.2) is 38.7 Å². The average Bonchev–Trinajstić information content (AvgIpc) is 2.39.